The predicted octanol–water partition coefficient (Wildman–Crippen LogP) is 4.51. The van der Waals surface area contributed by atoms with Crippen molar-refractivity contribution in [2.24, 2.45) is 0 Å². The second kappa shape index (κ2) is 6.47. The highest BCUT2D eigenvalue weighted by Crippen LogP contribution is 2.33. The number of hydrogen-bond donors (Lipinski definition) is 1. The largest absolute Gasteiger partial charge is 0.321 e. The van der Waals surface area contributed by atoms with Crippen molar-refractivity contribution in [2.75, 3.05) is 20.6 Å². The van der Waals surface area contributed by atoms with Crippen LogP contribution in [0.1, 0.15) is 5.56 Å². The zero-order valence-electron chi connectivity index (χ0n) is 14.4. The first kappa shape index (κ1) is 16.1. The third-order valence-electron chi connectivity index (χ3n) is 4.57. The molecule has 126 valence electrons. The van der Waals surface area contributed by atoms with Gasteiger partial charge in [-0.15, -0.1) is 11.3 Å². The number of likely N-dealkylation sites (N-methyl/N-ethyl adjacent to an activating group) is 1. The van der Waals surface area contributed by atoms with Gasteiger partial charge in [-0.25, -0.2) is 0 Å². The van der Waals surface area contributed by atoms with Gasteiger partial charge in [0.1, 0.15) is 4.70 Å². The summed E-state index contributed by atoms with van der Waals surface area (Å²) in [7, 11) is 4.19. The molecule has 25 heavy (non-hydrogen) atoms. The van der Waals surface area contributed by atoms with Crippen molar-refractivity contribution in [2.45, 2.75) is 6.42 Å². The van der Waals surface area contributed by atoms with Crippen LogP contribution >= 0.6 is 11.3 Å². The normalized spacial score (nSPS) is 11.6. The van der Waals surface area contributed by atoms with Gasteiger partial charge in [-0.05, 0) is 54.7 Å². The van der Waals surface area contributed by atoms with Crippen molar-refractivity contribution in [3.8, 4) is 11.1 Å². The van der Waals surface area contributed by atoms with Crippen LogP contribution in [0.3, 0.4) is 0 Å². The Morgan fingerprint density at radius 3 is 2.60 bits per heavy atom. The van der Waals surface area contributed by atoms with E-state index in [1.807, 2.05) is 23.6 Å². The monoisotopic (exact) mass is 348 g/mol. The molecule has 0 fully saturated rings. The molecule has 0 saturated heterocycles. The first-order chi connectivity index (χ1) is 12.1. The summed E-state index contributed by atoms with van der Waals surface area (Å²) in [4.78, 5) is 17.4. The molecule has 0 radical (unpaired) electrons. The second-order valence-corrected chi connectivity index (χ2v) is 7.51. The maximum Gasteiger partial charge on any atom is 0.266 e. The van der Waals surface area contributed by atoms with Crippen molar-refractivity contribution < 1.29 is 0 Å². The highest BCUT2D eigenvalue weighted by Gasteiger charge is 2.11. The average Bonchev–Trinajstić information content (AvgIpc) is 3.10. The Kier molecular flexibility index (Phi) is 4.15. The topological polar surface area (TPSA) is 36.1 Å². The Hall–Kier alpha value is -2.43. The van der Waals surface area contributed by atoms with Gasteiger partial charge >= 0.3 is 0 Å². The maximum atomic E-state index is 12.2. The number of H-pyrrole nitrogens is 1. The summed E-state index contributed by atoms with van der Waals surface area (Å²) < 4.78 is 0.794. The zero-order chi connectivity index (χ0) is 17.4. The molecular weight excluding hydrogens is 328 g/mol. The SMILES string of the molecule is CN(C)CCc1ccc(-c2cccc3[nH]c(=O)c4sccc4c23)cc1. The van der Waals surface area contributed by atoms with Crippen LogP contribution in [0, 0.1) is 0 Å². The Morgan fingerprint density at radius 1 is 1.04 bits per heavy atom. The number of fused-ring (bicyclic) bond motifs is 3. The van der Waals surface area contributed by atoms with Crippen LogP contribution in [-0.4, -0.2) is 30.5 Å². The average molecular weight is 348 g/mol. The lowest BCUT2D eigenvalue weighted by Gasteiger charge is -2.11. The minimum Gasteiger partial charge on any atom is -0.321 e. The van der Waals surface area contributed by atoms with Crippen molar-refractivity contribution >= 4 is 32.3 Å². The third kappa shape index (κ3) is 2.99. The van der Waals surface area contributed by atoms with E-state index in [1.165, 1.54) is 22.5 Å². The maximum absolute atomic E-state index is 12.2. The molecule has 0 amide bonds. The molecule has 0 saturated carbocycles. The summed E-state index contributed by atoms with van der Waals surface area (Å²) in [5, 5.41) is 4.15. The van der Waals surface area contributed by atoms with Crippen LogP contribution in [0.25, 0.3) is 32.1 Å². The van der Waals surface area contributed by atoms with Crippen LogP contribution < -0.4 is 5.56 Å². The fourth-order valence-electron chi connectivity index (χ4n) is 3.25. The number of benzene rings is 2. The molecule has 3 nitrogen and oxygen atoms in total. The molecule has 0 aliphatic rings. The van der Waals surface area contributed by atoms with Crippen LogP contribution in [0.5, 0.6) is 0 Å². The highest BCUT2D eigenvalue weighted by atomic mass is 32.1. The number of nitrogens with zero attached hydrogens (tertiary/aromatic N) is 1. The van der Waals surface area contributed by atoms with E-state index in [-0.39, 0.29) is 5.56 Å². The fourth-order valence-corrected chi connectivity index (χ4v) is 4.05. The van der Waals surface area contributed by atoms with Gasteiger partial charge in [0.25, 0.3) is 5.56 Å². The molecule has 0 aliphatic carbocycles. The third-order valence-corrected chi connectivity index (χ3v) is 5.48. The number of hydrogen-bond acceptors (Lipinski definition) is 3. The molecule has 2 aromatic carbocycles. The van der Waals surface area contributed by atoms with Crippen LogP contribution in [-0.2, 0) is 6.42 Å². The first-order valence-corrected chi connectivity index (χ1v) is 9.28. The van der Waals surface area contributed by atoms with Gasteiger partial charge in [-0.3, -0.25) is 4.79 Å². The van der Waals surface area contributed by atoms with Gasteiger partial charge < -0.3 is 9.88 Å². The van der Waals surface area contributed by atoms with Gasteiger partial charge in [0.15, 0.2) is 0 Å². The molecule has 0 spiro atoms. The van der Waals surface area contributed by atoms with E-state index in [2.05, 4.69) is 54.3 Å². The summed E-state index contributed by atoms with van der Waals surface area (Å²) in [5.41, 5.74) is 4.57. The molecule has 4 rings (SSSR count). The second-order valence-electron chi connectivity index (χ2n) is 6.60. The van der Waals surface area contributed by atoms with E-state index in [0.717, 1.165) is 39.5 Å². The van der Waals surface area contributed by atoms with E-state index in [9.17, 15) is 4.79 Å². The Balaban J connectivity index is 1.84. The summed E-state index contributed by atoms with van der Waals surface area (Å²) in [6.45, 7) is 1.05. The van der Waals surface area contributed by atoms with E-state index in [1.54, 1.807) is 0 Å². The summed E-state index contributed by atoms with van der Waals surface area (Å²) in [6.07, 6.45) is 1.05. The lowest BCUT2D eigenvalue weighted by Crippen LogP contribution is -2.14. The minimum atomic E-state index is -0.00585. The molecule has 4 heteroatoms. The van der Waals surface area contributed by atoms with Gasteiger partial charge in [-0.1, -0.05) is 36.4 Å². The molecule has 1 N–H and O–H groups in total. The van der Waals surface area contributed by atoms with Crippen LogP contribution in [0.15, 0.2) is 58.7 Å². The van der Waals surface area contributed by atoms with E-state index < -0.39 is 0 Å². The van der Waals surface area contributed by atoms with Gasteiger partial charge in [-0.2, -0.15) is 0 Å². The Bertz CT molecular complexity index is 1090. The Morgan fingerprint density at radius 2 is 1.84 bits per heavy atom. The molecule has 0 atom stereocenters. The molecule has 0 unspecified atom stereocenters. The molecule has 4 aromatic rings. The Labute approximate surface area is 150 Å². The summed E-state index contributed by atoms with van der Waals surface area (Å²) in [6, 6.07) is 16.9. The predicted molar refractivity (Wildman–Crippen MR) is 108 cm³/mol. The molecule has 2 heterocycles. The lowest BCUT2D eigenvalue weighted by molar-refractivity contribution is 0.413. The minimum absolute atomic E-state index is 0.00585. The van der Waals surface area contributed by atoms with E-state index >= 15 is 0 Å². The molecular formula is C21H20N2OS. The number of aromatic nitrogens is 1. The molecule has 2 aromatic heterocycles. The van der Waals surface area contributed by atoms with Crippen molar-refractivity contribution in [1.82, 2.24) is 9.88 Å². The number of rotatable bonds is 4. The highest BCUT2D eigenvalue weighted by molar-refractivity contribution is 7.17. The van der Waals surface area contributed by atoms with Crippen molar-refractivity contribution in [3.05, 3.63) is 69.8 Å². The van der Waals surface area contributed by atoms with Crippen molar-refractivity contribution in [1.29, 1.82) is 0 Å². The summed E-state index contributed by atoms with van der Waals surface area (Å²) in [5.74, 6) is 0. The van der Waals surface area contributed by atoms with Crippen LogP contribution in [0.2, 0.25) is 0 Å². The smallest absolute Gasteiger partial charge is 0.266 e. The summed E-state index contributed by atoms with van der Waals surface area (Å²) >= 11 is 1.50. The number of nitrogens with one attached hydrogen (secondary N) is 1. The quantitative estimate of drug-likeness (QED) is 0.589. The van der Waals surface area contributed by atoms with Gasteiger partial charge in [0.05, 0.1) is 0 Å². The van der Waals surface area contributed by atoms with Crippen molar-refractivity contribution in [3.63, 3.8) is 0 Å². The number of thiophene rings is 1. The van der Waals surface area contributed by atoms with Gasteiger partial charge in [0.2, 0.25) is 0 Å². The number of pyridine rings is 1. The lowest BCUT2D eigenvalue weighted by atomic mass is 9.97. The van der Waals surface area contributed by atoms with Gasteiger partial charge in [0, 0.05) is 22.8 Å². The molecule has 0 aliphatic heterocycles. The number of aromatic amines is 1. The molecule has 0 bridgehead atoms. The fraction of sp³-hybridized carbons (Fsp3) is 0.190. The van der Waals surface area contributed by atoms with E-state index in [4.69, 9.17) is 0 Å². The van der Waals surface area contributed by atoms with E-state index in [0.29, 0.717) is 0 Å². The first-order valence-electron chi connectivity index (χ1n) is 8.40. The van der Waals surface area contributed by atoms with Crippen LogP contribution in [0.4, 0.5) is 0 Å². The zero-order valence-corrected chi connectivity index (χ0v) is 15.2. The standard InChI is InChI=1S/C21H20N2OS/c1-23(2)12-10-14-6-8-15(9-7-14)16-4-3-5-18-19(16)17-11-13-25-20(17)21(24)22-18/h3-9,11,13H,10,12H2,1-2H3,(H,22,24).